The molecule has 0 aliphatic heterocycles. The lowest BCUT2D eigenvalue weighted by atomic mass is 10.2. The fraction of sp³-hybridized carbons (Fsp3) is 0.571. The van der Waals surface area contributed by atoms with Crippen molar-refractivity contribution in [2.24, 2.45) is 0 Å². The van der Waals surface area contributed by atoms with Crippen LogP contribution in [0.25, 0.3) is 0 Å². The molecule has 104 valence electrons. The van der Waals surface area contributed by atoms with E-state index in [1.54, 1.807) is 16.8 Å². The van der Waals surface area contributed by atoms with Crippen LogP contribution in [0.1, 0.15) is 26.7 Å². The second kappa shape index (κ2) is 7.59. The molecule has 0 saturated carbocycles. The summed E-state index contributed by atoms with van der Waals surface area (Å²) >= 11 is 0. The SMILES string of the molecule is CC(C)N(CCC#N)CCCn1cc(N)ccc1=O. The van der Waals surface area contributed by atoms with Gasteiger partial charge in [-0.3, -0.25) is 9.69 Å². The number of anilines is 1. The van der Waals surface area contributed by atoms with Gasteiger partial charge in [0.25, 0.3) is 5.56 Å². The van der Waals surface area contributed by atoms with Crippen LogP contribution >= 0.6 is 0 Å². The zero-order valence-corrected chi connectivity index (χ0v) is 11.7. The summed E-state index contributed by atoms with van der Waals surface area (Å²) in [5, 5.41) is 8.63. The van der Waals surface area contributed by atoms with Crippen LogP contribution in [0.15, 0.2) is 23.1 Å². The van der Waals surface area contributed by atoms with Crippen LogP contribution in [-0.4, -0.2) is 28.6 Å². The summed E-state index contributed by atoms with van der Waals surface area (Å²) in [6.45, 7) is 6.54. The predicted molar refractivity (Wildman–Crippen MR) is 76.7 cm³/mol. The van der Waals surface area contributed by atoms with Crippen molar-refractivity contribution in [3.8, 4) is 6.07 Å². The number of aryl methyl sites for hydroxylation is 1. The first-order chi connectivity index (χ1) is 9.04. The minimum Gasteiger partial charge on any atom is -0.398 e. The number of aromatic nitrogens is 1. The highest BCUT2D eigenvalue weighted by Gasteiger charge is 2.08. The summed E-state index contributed by atoms with van der Waals surface area (Å²) in [5.41, 5.74) is 6.24. The second-order valence-electron chi connectivity index (χ2n) is 4.89. The van der Waals surface area contributed by atoms with Gasteiger partial charge >= 0.3 is 0 Å². The minimum atomic E-state index is -0.0256. The van der Waals surface area contributed by atoms with Crippen molar-refractivity contribution >= 4 is 5.69 Å². The minimum absolute atomic E-state index is 0.0256. The Morgan fingerprint density at radius 3 is 2.79 bits per heavy atom. The lowest BCUT2D eigenvalue weighted by molar-refractivity contribution is 0.220. The summed E-state index contributed by atoms with van der Waals surface area (Å²) in [6, 6.07) is 5.68. The molecule has 1 aromatic heterocycles. The Labute approximate surface area is 114 Å². The Bertz CT molecular complexity index is 487. The van der Waals surface area contributed by atoms with Gasteiger partial charge in [-0.05, 0) is 26.3 Å². The molecule has 0 fully saturated rings. The van der Waals surface area contributed by atoms with E-state index in [0.717, 1.165) is 19.5 Å². The van der Waals surface area contributed by atoms with Gasteiger partial charge in [-0.25, -0.2) is 0 Å². The molecule has 1 rings (SSSR count). The van der Waals surface area contributed by atoms with Crippen molar-refractivity contribution in [2.75, 3.05) is 18.8 Å². The molecule has 5 nitrogen and oxygen atoms in total. The van der Waals surface area contributed by atoms with E-state index in [2.05, 4.69) is 24.8 Å². The van der Waals surface area contributed by atoms with E-state index in [1.807, 2.05) is 0 Å². The van der Waals surface area contributed by atoms with Gasteiger partial charge < -0.3 is 10.3 Å². The Kier molecular flexibility index (Phi) is 6.10. The van der Waals surface area contributed by atoms with Crippen molar-refractivity contribution in [2.45, 2.75) is 39.3 Å². The lowest BCUT2D eigenvalue weighted by Crippen LogP contribution is -2.33. The van der Waals surface area contributed by atoms with Gasteiger partial charge in [0.15, 0.2) is 0 Å². The second-order valence-corrected chi connectivity index (χ2v) is 4.89. The Hall–Kier alpha value is -1.80. The number of nitrogens with two attached hydrogens (primary N) is 1. The van der Waals surface area contributed by atoms with Crippen LogP contribution in [0.4, 0.5) is 5.69 Å². The number of rotatable bonds is 7. The molecular formula is C14H22N4O. The number of hydrogen-bond acceptors (Lipinski definition) is 4. The van der Waals surface area contributed by atoms with Crippen LogP contribution in [0.2, 0.25) is 0 Å². The predicted octanol–water partition coefficient (Wildman–Crippen LogP) is 1.44. The fourth-order valence-corrected chi connectivity index (χ4v) is 1.99. The molecule has 2 N–H and O–H groups in total. The zero-order valence-electron chi connectivity index (χ0n) is 11.7. The smallest absolute Gasteiger partial charge is 0.250 e. The molecule has 0 aliphatic rings. The molecule has 0 spiro atoms. The molecule has 0 bridgehead atoms. The summed E-state index contributed by atoms with van der Waals surface area (Å²) in [4.78, 5) is 13.9. The highest BCUT2D eigenvalue weighted by atomic mass is 16.1. The number of nitrogens with zero attached hydrogens (tertiary/aromatic N) is 3. The van der Waals surface area contributed by atoms with Crippen molar-refractivity contribution < 1.29 is 0 Å². The largest absolute Gasteiger partial charge is 0.398 e. The monoisotopic (exact) mass is 262 g/mol. The quantitative estimate of drug-likeness (QED) is 0.807. The van der Waals surface area contributed by atoms with Crippen LogP contribution in [-0.2, 0) is 6.54 Å². The van der Waals surface area contributed by atoms with Gasteiger partial charge in [-0.2, -0.15) is 5.26 Å². The Morgan fingerprint density at radius 2 is 2.16 bits per heavy atom. The van der Waals surface area contributed by atoms with Crippen molar-refractivity contribution in [1.82, 2.24) is 9.47 Å². The standard InChI is InChI=1S/C14H22N4O/c1-12(2)17(8-3-7-15)9-4-10-18-11-13(16)5-6-14(18)19/h5-6,11-12H,3-4,8-10,16H2,1-2H3. The fourth-order valence-electron chi connectivity index (χ4n) is 1.99. The van der Waals surface area contributed by atoms with E-state index in [9.17, 15) is 4.79 Å². The van der Waals surface area contributed by atoms with Crippen LogP contribution in [0.3, 0.4) is 0 Å². The van der Waals surface area contributed by atoms with E-state index in [1.165, 1.54) is 6.07 Å². The maximum absolute atomic E-state index is 11.6. The molecule has 0 radical (unpaired) electrons. The average molecular weight is 262 g/mol. The van der Waals surface area contributed by atoms with E-state index in [4.69, 9.17) is 11.0 Å². The molecule has 0 aromatic carbocycles. The molecule has 0 unspecified atom stereocenters. The molecule has 0 saturated heterocycles. The first kappa shape index (κ1) is 15.3. The molecule has 0 aliphatic carbocycles. The highest BCUT2D eigenvalue weighted by Crippen LogP contribution is 2.03. The van der Waals surface area contributed by atoms with E-state index in [-0.39, 0.29) is 5.56 Å². The van der Waals surface area contributed by atoms with Gasteiger partial charge in [0, 0.05) is 50.0 Å². The molecule has 19 heavy (non-hydrogen) atoms. The number of pyridine rings is 1. The summed E-state index contributed by atoms with van der Waals surface area (Å²) in [5.74, 6) is 0. The van der Waals surface area contributed by atoms with Crippen molar-refractivity contribution in [3.05, 3.63) is 28.7 Å². The highest BCUT2D eigenvalue weighted by molar-refractivity contribution is 5.33. The van der Waals surface area contributed by atoms with Gasteiger partial charge in [0.1, 0.15) is 0 Å². The van der Waals surface area contributed by atoms with Gasteiger partial charge in [0.2, 0.25) is 0 Å². The van der Waals surface area contributed by atoms with Crippen LogP contribution < -0.4 is 11.3 Å². The maximum atomic E-state index is 11.6. The first-order valence-electron chi connectivity index (χ1n) is 6.61. The molecule has 0 atom stereocenters. The third-order valence-corrected chi connectivity index (χ3v) is 3.09. The molecule has 1 heterocycles. The molecular weight excluding hydrogens is 240 g/mol. The molecule has 0 amide bonds. The maximum Gasteiger partial charge on any atom is 0.250 e. The molecule has 5 heteroatoms. The number of hydrogen-bond donors (Lipinski definition) is 1. The lowest BCUT2D eigenvalue weighted by Gasteiger charge is -2.25. The van der Waals surface area contributed by atoms with Crippen LogP contribution in [0.5, 0.6) is 0 Å². The van der Waals surface area contributed by atoms with Gasteiger partial charge in [-0.1, -0.05) is 0 Å². The Morgan fingerprint density at radius 1 is 1.42 bits per heavy atom. The van der Waals surface area contributed by atoms with Gasteiger partial charge in [-0.15, -0.1) is 0 Å². The normalized spacial score (nSPS) is 10.9. The van der Waals surface area contributed by atoms with E-state index in [0.29, 0.717) is 24.7 Å². The first-order valence-corrected chi connectivity index (χ1v) is 6.61. The average Bonchev–Trinajstić information content (AvgIpc) is 2.37. The zero-order chi connectivity index (χ0) is 14.3. The van der Waals surface area contributed by atoms with Gasteiger partial charge in [0.05, 0.1) is 6.07 Å². The van der Waals surface area contributed by atoms with E-state index >= 15 is 0 Å². The third-order valence-electron chi connectivity index (χ3n) is 3.09. The topological polar surface area (TPSA) is 75.1 Å². The molecule has 1 aromatic rings. The van der Waals surface area contributed by atoms with Crippen molar-refractivity contribution in [1.29, 1.82) is 5.26 Å². The van der Waals surface area contributed by atoms with Crippen molar-refractivity contribution in [3.63, 3.8) is 0 Å². The third kappa shape index (κ3) is 5.14. The summed E-state index contributed by atoms with van der Waals surface area (Å²) in [6.07, 6.45) is 3.08. The van der Waals surface area contributed by atoms with Crippen LogP contribution in [0, 0.1) is 11.3 Å². The number of nitrogen functional groups attached to an aromatic ring is 1. The Balaban J connectivity index is 2.50. The summed E-state index contributed by atoms with van der Waals surface area (Å²) in [7, 11) is 0. The van der Waals surface area contributed by atoms with E-state index < -0.39 is 0 Å². The number of nitriles is 1. The summed E-state index contributed by atoms with van der Waals surface area (Å²) < 4.78 is 1.64.